The summed E-state index contributed by atoms with van der Waals surface area (Å²) in [5.41, 5.74) is 8.17. The molecule has 0 unspecified atom stereocenters. The molecule has 0 aromatic heterocycles. The lowest BCUT2D eigenvalue weighted by Gasteiger charge is -2.32. The van der Waals surface area contributed by atoms with Crippen LogP contribution in [0.4, 0.5) is 5.69 Å². The average Bonchev–Trinajstić information content (AvgIpc) is 2.39. The minimum atomic E-state index is 0.624. The lowest BCUT2D eigenvalue weighted by molar-refractivity contribution is 0.553. The molecule has 0 saturated carbocycles. The van der Waals surface area contributed by atoms with Crippen molar-refractivity contribution in [2.75, 3.05) is 11.4 Å². The first-order chi connectivity index (χ1) is 8.26. The maximum absolute atomic E-state index is 5.63. The zero-order valence-corrected chi connectivity index (χ0v) is 11.4. The third-order valence-electron chi connectivity index (χ3n) is 3.35. The maximum Gasteiger partial charge on any atom is 0.0368 e. The van der Waals surface area contributed by atoms with Crippen molar-refractivity contribution in [3.05, 3.63) is 29.8 Å². The number of anilines is 1. The van der Waals surface area contributed by atoms with E-state index in [-0.39, 0.29) is 0 Å². The normalized spacial score (nSPS) is 10.9. The molecular formula is C15H26N2. The van der Waals surface area contributed by atoms with Crippen molar-refractivity contribution in [2.24, 2.45) is 5.73 Å². The zero-order valence-electron chi connectivity index (χ0n) is 11.4. The molecule has 2 nitrogen and oxygen atoms in total. The summed E-state index contributed by atoms with van der Waals surface area (Å²) in [7, 11) is 0. The SMILES string of the molecule is CCCN(c1ccc(CN)cc1)C(CC)CC. The van der Waals surface area contributed by atoms with Gasteiger partial charge in [0.05, 0.1) is 0 Å². The molecule has 0 fully saturated rings. The fraction of sp³-hybridized carbons (Fsp3) is 0.600. The predicted octanol–water partition coefficient (Wildman–Crippen LogP) is 3.55. The van der Waals surface area contributed by atoms with Gasteiger partial charge in [-0.25, -0.2) is 0 Å². The molecule has 1 aromatic carbocycles. The van der Waals surface area contributed by atoms with Crippen molar-refractivity contribution < 1.29 is 0 Å². The van der Waals surface area contributed by atoms with E-state index in [1.807, 2.05) is 0 Å². The lowest BCUT2D eigenvalue weighted by Crippen LogP contribution is -2.35. The molecule has 0 spiro atoms. The van der Waals surface area contributed by atoms with Crippen molar-refractivity contribution in [3.8, 4) is 0 Å². The second kappa shape index (κ2) is 7.33. The van der Waals surface area contributed by atoms with Crippen LogP contribution in [0.15, 0.2) is 24.3 Å². The Morgan fingerprint density at radius 1 is 1.06 bits per heavy atom. The van der Waals surface area contributed by atoms with Crippen LogP contribution in [0.25, 0.3) is 0 Å². The fourth-order valence-electron chi connectivity index (χ4n) is 2.32. The molecule has 0 aliphatic heterocycles. The van der Waals surface area contributed by atoms with Crippen LogP contribution in [-0.4, -0.2) is 12.6 Å². The van der Waals surface area contributed by atoms with Gasteiger partial charge in [0.25, 0.3) is 0 Å². The molecular weight excluding hydrogens is 208 g/mol. The smallest absolute Gasteiger partial charge is 0.0368 e. The van der Waals surface area contributed by atoms with Gasteiger partial charge in [-0.1, -0.05) is 32.9 Å². The van der Waals surface area contributed by atoms with E-state index in [1.165, 1.54) is 30.5 Å². The van der Waals surface area contributed by atoms with E-state index in [0.29, 0.717) is 12.6 Å². The van der Waals surface area contributed by atoms with Gasteiger partial charge in [-0.2, -0.15) is 0 Å². The van der Waals surface area contributed by atoms with Crippen LogP contribution in [0.1, 0.15) is 45.6 Å². The topological polar surface area (TPSA) is 29.3 Å². The van der Waals surface area contributed by atoms with Gasteiger partial charge in [0.2, 0.25) is 0 Å². The van der Waals surface area contributed by atoms with E-state index < -0.39 is 0 Å². The Labute approximate surface area is 106 Å². The summed E-state index contributed by atoms with van der Waals surface area (Å²) in [5, 5.41) is 0. The van der Waals surface area contributed by atoms with E-state index in [1.54, 1.807) is 0 Å². The molecule has 0 bridgehead atoms. The quantitative estimate of drug-likeness (QED) is 0.781. The standard InChI is InChI=1S/C15H26N2/c1-4-11-17(14(5-2)6-3)15-9-7-13(12-16)8-10-15/h7-10,14H,4-6,11-12,16H2,1-3H3. The average molecular weight is 234 g/mol. The second-order valence-electron chi connectivity index (χ2n) is 4.53. The van der Waals surface area contributed by atoms with E-state index in [0.717, 1.165) is 6.54 Å². The number of benzene rings is 1. The molecule has 1 rings (SSSR count). The Kier molecular flexibility index (Phi) is 6.06. The van der Waals surface area contributed by atoms with Crippen LogP contribution in [-0.2, 0) is 6.54 Å². The van der Waals surface area contributed by atoms with Gasteiger partial charge >= 0.3 is 0 Å². The summed E-state index contributed by atoms with van der Waals surface area (Å²) < 4.78 is 0. The third kappa shape index (κ3) is 3.74. The lowest BCUT2D eigenvalue weighted by atomic mass is 10.1. The molecule has 0 aliphatic rings. The van der Waals surface area contributed by atoms with Crippen molar-refractivity contribution >= 4 is 5.69 Å². The van der Waals surface area contributed by atoms with E-state index in [9.17, 15) is 0 Å². The Morgan fingerprint density at radius 3 is 2.06 bits per heavy atom. The second-order valence-corrected chi connectivity index (χ2v) is 4.53. The van der Waals surface area contributed by atoms with E-state index in [4.69, 9.17) is 5.73 Å². The monoisotopic (exact) mass is 234 g/mol. The van der Waals surface area contributed by atoms with Crippen LogP contribution < -0.4 is 10.6 Å². The Hall–Kier alpha value is -1.02. The number of nitrogens with two attached hydrogens (primary N) is 1. The van der Waals surface area contributed by atoms with Crippen LogP contribution in [0.5, 0.6) is 0 Å². The molecule has 2 heteroatoms. The van der Waals surface area contributed by atoms with Crippen molar-refractivity contribution in [1.82, 2.24) is 0 Å². The first-order valence-electron chi connectivity index (χ1n) is 6.82. The first kappa shape index (κ1) is 14.0. The van der Waals surface area contributed by atoms with Crippen LogP contribution >= 0.6 is 0 Å². The molecule has 1 aromatic rings. The summed E-state index contributed by atoms with van der Waals surface area (Å²) in [6.07, 6.45) is 3.60. The highest BCUT2D eigenvalue weighted by molar-refractivity contribution is 5.48. The summed E-state index contributed by atoms with van der Waals surface area (Å²) in [6.45, 7) is 8.53. The van der Waals surface area contributed by atoms with E-state index in [2.05, 4.69) is 49.9 Å². The summed E-state index contributed by atoms with van der Waals surface area (Å²) in [5.74, 6) is 0. The molecule has 0 atom stereocenters. The number of nitrogens with zero attached hydrogens (tertiary/aromatic N) is 1. The molecule has 0 radical (unpaired) electrons. The minimum Gasteiger partial charge on any atom is -0.369 e. The fourth-order valence-corrected chi connectivity index (χ4v) is 2.32. The molecule has 0 amide bonds. The maximum atomic E-state index is 5.63. The molecule has 0 aliphatic carbocycles. The highest BCUT2D eigenvalue weighted by Gasteiger charge is 2.14. The third-order valence-corrected chi connectivity index (χ3v) is 3.35. The number of hydrogen-bond acceptors (Lipinski definition) is 2. The highest BCUT2D eigenvalue weighted by atomic mass is 15.2. The van der Waals surface area contributed by atoms with Gasteiger partial charge in [-0.05, 0) is 37.0 Å². The summed E-state index contributed by atoms with van der Waals surface area (Å²) in [4.78, 5) is 2.53. The largest absolute Gasteiger partial charge is 0.369 e. The Bertz CT molecular complexity index is 301. The molecule has 17 heavy (non-hydrogen) atoms. The molecule has 0 saturated heterocycles. The molecule has 2 N–H and O–H groups in total. The van der Waals surface area contributed by atoms with Crippen LogP contribution in [0.2, 0.25) is 0 Å². The zero-order chi connectivity index (χ0) is 12.7. The van der Waals surface area contributed by atoms with Gasteiger partial charge in [-0.15, -0.1) is 0 Å². The highest BCUT2D eigenvalue weighted by Crippen LogP contribution is 2.21. The first-order valence-corrected chi connectivity index (χ1v) is 6.82. The predicted molar refractivity (Wildman–Crippen MR) is 76.3 cm³/mol. The number of hydrogen-bond donors (Lipinski definition) is 1. The van der Waals surface area contributed by atoms with Gasteiger partial charge in [-0.3, -0.25) is 0 Å². The van der Waals surface area contributed by atoms with Crippen LogP contribution in [0.3, 0.4) is 0 Å². The van der Waals surface area contributed by atoms with Gasteiger partial charge in [0, 0.05) is 24.8 Å². The van der Waals surface area contributed by atoms with Crippen molar-refractivity contribution in [3.63, 3.8) is 0 Å². The van der Waals surface area contributed by atoms with Crippen molar-refractivity contribution in [2.45, 2.75) is 52.6 Å². The van der Waals surface area contributed by atoms with Gasteiger partial charge < -0.3 is 10.6 Å². The molecule has 96 valence electrons. The summed E-state index contributed by atoms with van der Waals surface area (Å²) in [6, 6.07) is 9.34. The van der Waals surface area contributed by atoms with Crippen LogP contribution in [0, 0.1) is 0 Å². The number of rotatable bonds is 7. The van der Waals surface area contributed by atoms with Gasteiger partial charge in [0.1, 0.15) is 0 Å². The Morgan fingerprint density at radius 2 is 1.65 bits per heavy atom. The molecule has 0 heterocycles. The Balaban J connectivity index is 2.87. The van der Waals surface area contributed by atoms with Gasteiger partial charge in [0.15, 0.2) is 0 Å². The minimum absolute atomic E-state index is 0.624. The van der Waals surface area contributed by atoms with E-state index >= 15 is 0 Å². The summed E-state index contributed by atoms with van der Waals surface area (Å²) >= 11 is 0. The van der Waals surface area contributed by atoms with Crippen molar-refractivity contribution in [1.29, 1.82) is 0 Å².